The summed E-state index contributed by atoms with van der Waals surface area (Å²) in [5.41, 5.74) is 1.07. The molecule has 0 radical (unpaired) electrons. The van der Waals surface area contributed by atoms with E-state index < -0.39 is 18.9 Å². The second-order valence-corrected chi connectivity index (χ2v) is 3.37. The van der Waals surface area contributed by atoms with E-state index in [1.807, 2.05) is 6.92 Å². The highest BCUT2D eigenvalue weighted by atomic mass is 19.4. The van der Waals surface area contributed by atoms with Crippen molar-refractivity contribution in [3.05, 3.63) is 29.8 Å². The van der Waals surface area contributed by atoms with E-state index >= 15 is 0 Å². The van der Waals surface area contributed by atoms with E-state index in [-0.39, 0.29) is 0 Å². The third-order valence-corrected chi connectivity index (χ3v) is 2.12. The van der Waals surface area contributed by atoms with Crippen molar-refractivity contribution in [2.45, 2.75) is 25.6 Å². The molecule has 0 aliphatic rings. The topological polar surface area (TPSA) is 29.5 Å². The van der Waals surface area contributed by atoms with Gasteiger partial charge in [-0.05, 0) is 24.1 Å². The molecule has 16 heavy (non-hydrogen) atoms. The van der Waals surface area contributed by atoms with E-state index in [9.17, 15) is 13.2 Å². The Balaban J connectivity index is 2.48. The highest BCUT2D eigenvalue weighted by Gasteiger charge is 2.38. The number of benzene rings is 1. The molecule has 1 rings (SSSR count). The van der Waals surface area contributed by atoms with Crippen LogP contribution in [-0.2, 0) is 6.42 Å². The highest BCUT2D eigenvalue weighted by molar-refractivity contribution is 5.27. The standard InChI is InChI=1S/C11H13F3O2/c1-2-8-3-5-9(6-4-8)16-7-10(15)11(12,13)14/h3-6,10,15H,2,7H2,1H3. The van der Waals surface area contributed by atoms with E-state index in [0.717, 1.165) is 12.0 Å². The summed E-state index contributed by atoms with van der Waals surface area (Å²) in [6.07, 6.45) is -6.23. The van der Waals surface area contributed by atoms with Gasteiger partial charge in [0.25, 0.3) is 0 Å². The summed E-state index contributed by atoms with van der Waals surface area (Å²) in [4.78, 5) is 0. The predicted molar refractivity (Wildman–Crippen MR) is 53.4 cm³/mol. The van der Waals surface area contributed by atoms with Gasteiger partial charge in [-0.2, -0.15) is 13.2 Å². The molecule has 1 unspecified atom stereocenters. The molecule has 2 nitrogen and oxygen atoms in total. The molecular weight excluding hydrogens is 221 g/mol. The molecule has 0 fully saturated rings. The lowest BCUT2D eigenvalue weighted by atomic mass is 10.2. The van der Waals surface area contributed by atoms with Crippen molar-refractivity contribution in [1.29, 1.82) is 0 Å². The van der Waals surface area contributed by atoms with Crippen LogP contribution in [0.3, 0.4) is 0 Å². The highest BCUT2D eigenvalue weighted by Crippen LogP contribution is 2.21. The summed E-state index contributed by atoms with van der Waals surface area (Å²) >= 11 is 0. The molecule has 0 amide bonds. The first kappa shape index (κ1) is 12.8. The summed E-state index contributed by atoms with van der Waals surface area (Å²) in [7, 11) is 0. The fraction of sp³-hybridized carbons (Fsp3) is 0.455. The molecule has 0 saturated carbocycles. The Bertz CT molecular complexity index is 319. The maximum atomic E-state index is 11.9. The number of alkyl halides is 3. The Labute approximate surface area is 91.7 Å². The van der Waals surface area contributed by atoms with Gasteiger partial charge in [-0.3, -0.25) is 0 Å². The van der Waals surface area contributed by atoms with Crippen LogP contribution in [0.2, 0.25) is 0 Å². The molecule has 1 aromatic carbocycles. The molecule has 1 aromatic rings. The van der Waals surface area contributed by atoms with Gasteiger partial charge in [-0.15, -0.1) is 0 Å². The lowest BCUT2D eigenvalue weighted by Crippen LogP contribution is -2.34. The van der Waals surface area contributed by atoms with Crippen LogP contribution < -0.4 is 4.74 Å². The molecule has 5 heteroatoms. The van der Waals surface area contributed by atoms with Crippen LogP contribution in [0.25, 0.3) is 0 Å². The number of ether oxygens (including phenoxy) is 1. The lowest BCUT2D eigenvalue weighted by molar-refractivity contribution is -0.210. The van der Waals surface area contributed by atoms with E-state index in [2.05, 4.69) is 0 Å². The molecule has 0 saturated heterocycles. The van der Waals surface area contributed by atoms with Crippen LogP contribution >= 0.6 is 0 Å². The zero-order valence-corrected chi connectivity index (χ0v) is 8.79. The van der Waals surface area contributed by atoms with Crippen molar-refractivity contribution in [2.75, 3.05) is 6.61 Å². The SMILES string of the molecule is CCc1ccc(OCC(O)C(F)(F)F)cc1. The van der Waals surface area contributed by atoms with Gasteiger partial charge in [-0.1, -0.05) is 19.1 Å². The minimum atomic E-state index is -4.64. The van der Waals surface area contributed by atoms with Crippen LogP contribution in [0.1, 0.15) is 12.5 Å². The van der Waals surface area contributed by atoms with Gasteiger partial charge in [0.1, 0.15) is 12.4 Å². The van der Waals surface area contributed by atoms with Crippen LogP contribution in [0.5, 0.6) is 5.75 Å². The summed E-state index contributed by atoms with van der Waals surface area (Å²) in [5, 5.41) is 8.70. The van der Waals surface area contributed by atoms with Crippen LogP contribution in [-0.4, -0.2) is 24.0 Å². The maximum absolute atomic E-state index is 11.9. The lowest BCUT2D eigenvalue weighted by Gasteiger charge is -2.15. The molecule has 0 spiro atoms. The minimum absolute atomic E-state index is 0.320. The van der Waals surface area contributed by atoms with Gasteiger partial charge in [0.05, 0.1) is 0 Å². The number of halogens is 3. The average molecular weight is 234 g/mol. The van der Waals surface area contributed by atoms with E-state index in [0.29, 0.717) is 5.75 Å². The molecule has 1 atom stereocenters. The molecule has 0 bridgehead atoms. The maximum Gasteiger partial charge on any atom is 0.417 e. The van der Waals surface area contributed by atoms with Gasteiger partial charge in [0.15, 0.2) is 6.10 Å². The fourth-order valence-electron chi connectivity index (χ4n) is 1.09. The Morgan fingerprint density at radius 1 is 1.25 bits per heavy atom. The zero-order chi connectivity index (χ0) is 12.2. The van der Waals surface area contributed by atoms with Crippen LogP contribution in [0.4, 0.5) is 13.2 Å². The first-order chi connectivity index (χ1) is 7.43. The van der Waals surface area contributed by atoms with Gasteiger partial charge < -0.3 is 9.84 Å². The Hall–Kier alpha value is -1.23. The van der Waals surface area contributed by atoms with Crippen molar-refractivity contribution in [2.24, 2.45) is 0 Å². The largest absolute Gasteiger partial charge is 0.491 e. The van der Waals surface area contributed by atoms with Crippen LogP contribution in [0, 0.1) is 0 Å². The number of aliphatic hydroxyl groups is 1. The monoisotopic (exact) mass is 234 g/mol. The van der Waals surface area contributed by atoms with Crippen molar-refractivity contribution < 1.29 is 23.0 Å². The number of aryl methyl sites for hydroxylation is 1. The van der Waals surface area contributed by atoms with E-state index in [4.69, 9.17) is 9.84 Å². The third-order valence-electron chi connectivity index (χ3n) is 2.12. The van der Waals surface area contributed by atoms with Crippen LogP contribution in [0.15, 0.2) is 24.3 Å². The Kier molecular flexibility index (Phi) is 4.18. The average Bonchev–Trinajstić information content (AvgIpc) is 2.25. The van der Waals surface area contributed by atoms with Crippen molar-refractivity contribution in [3.8, 4) is 5.75 Å². The quantitative estimate of drug-likeness (QED) is 0.867. The van der Waals surface area contributed by atoms with Crippen molar-refractivity contribution >= 4 is 0 Å². The van der Waals surface area contributed by atoms with Gasteiger partial charge >= 0.3 is 6.18 Å². The Morgan fingerprint density at radius 3 is 2.25 bits per heavy atom. The summed E-state index contributed by atoms with van der Waals surface area (Å²) in [6.45, 7) is 1.19. The molecule has 0 heterocycles. The number of rotatable bonds is 4. The Morgan fingerprint density at radius 2 is 1.81 bits per heavy atom. The van der Waals surface area contributed by atoms with E-state index in [1.54, 1.807) is 24.3 Å². The molecule has 1 N–H and O–H groups in total. The fourth-order valence-corrected chi connectivity index (χ4v) is 1.09. The van der Waals surface area contributed by atoms with Crippen molar-refractivity contribution in [3.63, 3.8) is 0 Å². The molecule has 0 aliphatic heterocycles. The van der Waals surface area contributed by atoms with Crippen molar-refractivity contribution in [1.82, 2.24) is 0 Å². The van der Waals surface area contributed by atoms with Gasteiger partial charge in [-0.25, -0.2) is 0 Å². The number of hydrogen-bond donors (Lipinski definition) is 1. The normalized spacial score (nSPS) is 13.6. The zero-order valence-electron chi connectivity index (χ0n) is 8.79. The second kappa shape index (κ2) is 5.21. The first-order valence-electron chi connectivity index (χ1n) is 4.90. The predicted octanol–water partition coefficient (Wildman–Crippen LogP) is 2.55. The number of aliphatic hydroxyl groups excluding tert-OH is 1. The van der Waals surface area contributed by atoms with Gasteiger partial charge in [0, 0.05) is 0 Å². The molecule has 0 aromatic heterocycles. The minimum Gasteiger partial charge on any atom is -0.491 e. The molecular formula is C11H13F3O2. The van der Waals surface area contributed by atoms with Gasteiger partial charge in [0.2, 0.25) is 0 Å². The summed E-state index contributed by atoms with van der Waals surface area (Å²) in [5.74, 6) is 0.320. The molecule has 90 valence electrons. The third kappa shape index (κ3) is 3.73. The molecule has 0 aliphatic carbocycles. The number of hydrogen-bond acceptors (Lipinski definition) is 2. The summed E-state index contributed by atoms with van der Waals surface area (Å²) < 4.78 is 40.6. The van der Waals surface area contributed by atoms with E-state index in [1.165, 1.54) is 0 Å². The first-order valence-corrected chi connectivity index (χ1v) is 4.90. The second-order valence-electron chi connectivity index (χ2n) is 3.37. The summed E-state index contributed by atoms with van der Waals surface area (Å²) in [6, 6.07) is 6.72. The smallest absolute Gasteiger partial charge is 0.417 e.